The van der Waals surface area contributed by atoms with Gasteiger partial charge in [0.25, 0.3) is 0 Å². The number of carbonyl (C=O) groups excluding carboxylic acids is 1. The zero-order valence-electron chi connectivity index (χ0n) is 18.2. The number of amides is 1. The number of imidazole rings is 1. The van der Waals surface area contributed by atoms with Crippen LogP contribution in [0.1, 0.15) is 5.82 Å². The highest BCUT2D eigenvalue weighted by Crippen LogP contribution is 2.21. The molecule has 6 nitrogen and oxygen atoms in total. The lowest BCUT2D eigenvalue weighted by Gasteiger charge is -2.36. The van der Waals surface area contributed by atoms with E-state index < -0.39 is 0 Å². The van der Waals surface area contributed by atoms with Crippen molar-refractivity contribution in [3.8, 4) is 5.75 Å². The van der Waals surface area contributed by atoms with Crippen molar-refractivity contribution in [2.24, 2.45) is 0 Å². The third-order valence-corrected chi connectivity index (χ3v) is 6.21. The van der Waals surface area contributed by atoms with Crippen LogP contribution in [0, 0.1) is 0 Å². The first-order valence-electron chi connectivity index (χ1n) is 11.1. The summed E-state index contributed by atoms with van der Waals surface area (Å²) in [6.45, 7) is 3.57. The second-order valence-corrected chi connectivity index (χ2v) is 8.49. The summed E-state index contributed by atoms with van der Waals surface area (Å²) in [6.07, 6.45) is 0. The van der Waals surface area contributed by atoms with Crippen LogP contribution in [0.5, 0.6) is 5.75 Å². The molecule has 1 aliphatic heterocycles. The average Bonchev–Trinajstić information content (AvgIpc) is 3.21. The lowest BCUT2D eigenvalue weighted by molar-refractivity contribution is -0.132. The number of anilines is 1. The van der Waals surface area contributed by atoms with Crippen molar-refractivity contribution < 1.29 is 9.53 Å². The van der Waals surface area contributed by atoms with Gasteiger partial charge in [0.2, 0.25) is 5.91 Å². The highest BCUT2D eigenvalue weighted by atomic mass is 35.5. The zero-order valence-corrected chi connectivity index (χ0v) is 19.0. The first-order valence-corrected chi connectivity index (χ1v) is 11.5. The van der Waals surface area contributed by atoms with Crippen LogP contribution in [0.25, 0.3) is 11.0 Å². The monoisotopic (exact) mass is 460 g/mol. The van der Waals surface area contributed by atoms with Gasteiger partial charge in [-0.3, -0.25) is 4.79 Å². The molecule has 0 bridgehead atoms. The largest absolute Gasteiger partial charge is 0.486 e. The molecule has 1 saturated heterocycles. The van der Waals surface area contributed by atoms with Gasteiger partial charge in [0, 0.05) is 36.9 Å². The van der Waals surface area contributed by atoms with Crippen molar-refractivity contribution >= 4 is 34.2 Å². The van der Waals surface area contributed by atoms with Crippen molar-refractivity contribution in [2.75, 3.05) is 31.1 Å². The quantitative estimate of drug-likeness (QED) is 0.421. The van der Waals surface area contributed by atoms with Gasteiger partial charge in [-0.25, -0.2) is 4.98 Å². The summed E-state index contributed by atoms with van der Waals surface area (Å²) in [6, 6.07) is 25.4. The second kappa shape index (κ2) is 9.55. The Labute approximate surface area is 198 Å². The number of piperazine rings is 1. The molecule has 1 fully saturated rings. The number of hydrogen-bond donors (Lipinski definition) is 0. The first kappa shape index (κ1) is 21.3. The van der Waals surface area contributed by atoms with Crippen LogP contribution in [-0.4, -0.2) is 46.5 Å². The molecule has 0 radical (unpaired) electrons. The number of hydrogen-bond acceptors (Lipinski definition) is 4. The molecule has 0 spiro atoms. The van der Waals surface area contributed by atoms with Crippen LogP contribution in [-0.2, 0) is 17.9 Å². The van der Waals surface area contributed by atoms with Gasteiger partial charge in [0.1, 0.15) is 24.7 Å². The lowest BCUT2D eigenvalue weighted by atomic mass is 10.2. The number of ether oxygens (including phenoxy) is 1. The molecule has 2 heterocycles. The Hall–Kier alpha value is -3.51. The van der Waals surface area contributed by atoms with Gasteiger partial charge in [-0.05, 0) is 48.5 Å². The summed E-state index contributed by atoms with van der Waals surface area (Å²) in [5, 5.41) is 0.660. The Kier molecular flexibility index (Phi) is 6.17. The fourth-order valence-corrected chi connectivity index (χ4v) is 4.30. The molecule has 7 heteroatoms. The Morgan fingerprint density at radius 2 is 1.58 bits per heavy atom. The smallest absolute Gasteiger partial charge is 0.242 e. The summed E-state index contributed by atoms with van der Waals surface area (Å²) in [5.41, 5.74) is 2.99. The van der Waals surface area contributed by atoms with Gasteiger partial charge in [-0.2, -0.15) is 0 Å². The molecule has 0 N–H and O–H groups in total. The van der Waals surface area contributed by atoms with E-state index in [1.54, 1.807) is 12.1 Å². The Balaban J connectivity index is 1.29. The molecular formula is C26H25ClN4O2. The van der Waals surface area contributed by atoms with Gasteiger partial charge in [0.05, 0.1) is 11.0 Å². The highest BCUT2D eigenvalue weighted by Gasteiger charge is 2.23. The van der Waals surface area contributed by atoms with Crippen LogP contribution in [0.2, 0.25) is 5.02 Å². The maximum Gasteiger partial charge on any atom is 0.242 e. The highest BCUT2D eigenvalue weighted by molar-refractivity contribution is 6.30. The van der Waals surface area contributed by atoms with Gasteiger partial charge >= 0.3 is 0 Å². The van der Waals surface area contributed by atoms with Gasteiger partial charge in [-0.15, -0.1) is 0 Å². The fourth-order valence-electron chi connectivity index (χ4n) is 4.18. The average molecular weight is 461 g/mol. The van der Waals surface area contributed by atoms with Crippen LogP contribution in [0.15, 0.2) is 78.9 Å². The molecule has 168 valence electrons. The Bertz CT molecular complexity index is 1230. The van der Waals surface area contributed by atoms with Crippen molar-refractivity contribution in [3.63, 3.8) is 0 Å². The SMILES string of the molecule is O=C(Cn1c(COc2ccc(Cl)cc2)nc2ccccc21)N1CCN(c2ccccc2)CC1. The van der Waals surface area contributed by atoms with Crippen molar-refractivity contribution in [1.82, 2.24) is 14.5 Å². The first-order chi connectivity index (χ1) is 16.2. The molecule has 33 heavy (non-hydrogen) atoms. The van der Waals surface area contributed by atoms with E-state index >= 15 is 0 Å². The predicted molar refractivity (Wildman–Crippen MR) is 131 cm³/mol. The van der Waals surface area contributed by atoms with E-state index in [-0.39, 0.29) is 19.1 Å². The molecule has 3 aromatic carbocycles. The van der Waals surface area contributed by atoms with E-state index in [0.717, 1.165) is 29.9 Å². The lowest BCUT2D eigenvalue weighted by Crippen LogP contribution is -2.49. The number of carbonyl (C=O) groups is 1. The summed E-state index contributed by atoms with van der Waals surface area (Å²) in [5.74, 6) is 1.53. The number of rotatable bonds is 6. The summed E-state index contributed by atoms with van der Waals surface area (Å²) < 4.78 is 7.90. The Morgan fingerprint density at radius 1 is 0.879 bits per heavy atom. The predicted octanol–water partition coefficient (Wildman–Crippen LogP) is 4.62. The number of para-hydroxylation sites is 3. The maximum atomic E-state index is 13.2. The number of halogens is 1. The zero-order chi connectivity index (χ0) is 22.6. The second-order valence-electron chi connectivity index (χ2n) is 8.05. The molecule has 0 saturated carbocycles. The van der Waals surface area contributed by atoms with Gasteiger partial charge in [0.15, 0.2) is 0 Å². The fraction of sp³-hybridized carbons (Fsp3) is 0.231. The maximum absolute atomic E-state index is 13.2. The Morgan fingerprint density at radius 3 is 2.33 bits per heavy atom. The van der Waals surface area contributed by atoms with E-state index in [2.05, 4.69) is 17.0 Å². The van der Waals surface area contributed by atoms with Crippen molar-refractivity contribution in [1.29, 1.82) is 0 Å². The topological polar surface area (TPSA) is 50.6 Å². The van der Waals surface area contributed by atoms with E-state index in [0.29, 0.717) is 23.9 Å². The van der Waals surface area contributed by atoms with E-state index in [1.165, 1.54) is 5.69 Å². The number of benzene rings is 3. The molecule has 1 amide bonds. The standard InChI is InChI=1S/C26H25ClN4O2/c27-20-10-12-22(13-11-20)33-19-25-28-23-8-4-5-9-24(23)31(25)18-26(32)30-16-14-29(15-17-30)21-6-2-1-3-7-21/h1-13H,14-19H2. The van der Waals surface area contributed by atoms with Gasteiger partial charge in [-0.1, -0.05) is 41.9 Å². The van der Waals surface area contributed by atoms with Crippen LogP contribution in [0.3, 0.4) is 0 Å². The minimum atomic E-state index is 0.0959. The molecule has 1 aliphatic rings. The number of fused-ring (bicyclic) bond motifs is 1. The normalized spacial score (nSPS) is 14.0. The van der Waals surface area contributed by atoms with Crippen LogP contribution < -0.4 is 9.64 Å². The summed E-state index contributed by atoms with van der Waals surface area (Å²) in [7, 11) is 0. The summed E-state index contributed by atoms with van der Waals surface area (Å²) in [4.78, 5) is 22.2. The van der Waals surface area contributed by atoms with E-state index in [9.17, 15) is 4.79 Å². The van der Waals surface area contributed by atoms with Crippen molar-refractivity contribution in [3.05, 3.63) is 89.7 Å². The minimum absolute atomic E-state index is 0.0959. The molecule has 0 unspecified atom stereocenters. The third-order valence-electron chi connectivity index (χ3n) is 5.96. The van der Waals surface area contributed by atoms with Crippen LogP contribution >= 0.6 is 11.6 Å². The molecule has 1 aromatic heterocycles. The molecule has 0 atom stereocenters. The number of nitrogens with zero attached hydrogens (tertiary/aromatic N) is 4. The van der Waals surface area contributed by atoms with Gasteiger partial charge < -0.3 is 19.1 Å². The summed E-state index contributed by atoms with van der Waals surface area (Å²) >= 11 is 5.97. The molecule has 4 aromatic rings. The molecule has 5 rings (SSSR count). The van der Waals surface area contributed by atoms with E-state index in [4.69, 9.17) is 21.3 Å². The molecular weight excluding hydrogens is 436 g/mol. The van der Waals surface area contributed by atoms with E-state index in [1.807, 2.05) is 64.1 Å². The molecule has 0 aliphatic carbocycles. The number of aromatic nitrogens is 2. The van der Waals surface area contributed by atoms with Crippen LogP contribution in [0.4, 0.5) is 5.69 Å². The third kappa shape index (κ3) is 4.81. The van der Waals surface area contributed by atoms with Crippen molar-refractivity contribution in [2.45, 2.75) is 13.2 Å². The minimum Gasteiger partial charge on any atom is -0.486 e.